The van der Waals surface area contributed by atoms with Crippen LogP contribution in [-0.4, -0.2) is 20.9 Å². The van der Waals surface area contributed by atoms with Gasteiger partial charge in [0, 0.05) is 7.05 Å². The number of halogens is 1. The molecule has 60 valence electrons. The minimum atomic E-state index is -1.34. The summed E-state index contributed by atoms with van der Waals surface area (Å²) in [7, 11) is 1.49. The van der Waals surface area contributed by atoms with Gasteiger partial charge in [0.2, 0.25) is 5.69 Å². The maximum atomic E-state index is 12.8. The van der Waals surface area contributed by atoms with Crippen molar-refractivity contribution in [1.29, 1.82) is 0 Å². The number of carboxylic acid groups (broad SMARTS) is 1. The van der Waals surface area contributed by atoms with Gasteiger partial charge < -0.3 is 5.11 Å². The predicted octanol–water partition coefficient (Wildman–Crippen LogP) is 0.566. The molecule has 1 N–H and O–H groups in total. The zero-order chi connectivity index (χ0) is 8.59. The molecule has 0 amide bonds. The third-order valence-corrected chi connectivity index (χ3v) is 1.46. The van der Waals surface area contributed by atoms with Gasteiger partial charge in [0.15, 0.2) is 5.82 Å². The van der Waals surface area contributed by atoms with Crippen molar-refractivity contribution >= 4 is 5.97 Å². The molecule has 0 aliphatic rings. The third kappa shape index (κ3) is 1.09. The van der Waals surface area contributed by atoms with Crippen molar-refractivity contribution in [2.24, 2.45) is 7.05 Å². The molecule has 1 aromatic rings. The fourth-order valence-electron chi connectivity index (χ4n) is 0.719. The maximum Gasteiger partial charge on any atom is 0.359 e. The second kappa shape index (κ2) is 2.34. The Morgan fingerprint density at radius 3 is 2.45 bits per heavy atom. The Hall–Kier alpha value is -1.39. The summed E-state index contributed by atoms with van der Waals surface area (Å²) in [4.78, 5) is 10.3. The molecule has 0 unspecified atom stereocenters. The molecule has 11 heavy (non-hydrogen) atoms. The van der Waals surface area contributed by atoms with Gasteiger partial charge in [-0.25, -0.2) is 9.18 Å². The Bertz CT molecular complexity index is 306. The molecule has 0 atom stereocenters. The third-order valence-electron chi connectivity index (χ3n) is 1.46. The van der Waals surface area contributed by atoms with Crippen molar-refractivity contribution in [1.82, 2.24) is 9.78 Å². The molecule has 0 aliphatic carbocycles. The van der Waals surface area contributed by atoms with Crippen LogP contribution in [0.3, 0.4) is 0 Å². The molecule has 0 radical (unpaired) electrons. The van der Waals surface area contributed by atoms with Crippen LogP contribution < -0.4 is 0 Å². The first kappa shape index (κ1) is 7.71. The average molecular weight is 158 g/mol. The first-order chi connectivity index (χ1) is 5.04. The largest absolute Gasteiger partial charge is 0.476 e. The van der Waals surface area contributed by atoms with Gasteiger partial charge in [-0.3, -0.25) is 4.68 Å². The highest BCUT2D eigenvalue weighted by molar-refractivity contribution is 5.85. The summed E-state index contributed by atoms with van der Waals surface area (Å²) in [5.41, 5.74) is -0.299. The van der Waals surface area contributed by atoms with E-state index in [0.717, 1.165) is 0 Å². The van der Waals surface area contributed by atoms with Gasteiger partial charge in [0.1, 0.15) is 0 Å². The predicted molar refractivity (Wildman–Crippen MR) is 34.9 cm³/mol. The normalized spacial score (nSPS) is 10.1. The molecule has 0 spiro atoms. The zero-order valence-electron chi connectivity index (χ0n) is 6.13. The Morgan fingerprint density at radius 2 is 2.27 bits per heavy atom. The van der Waals surface area contributed by atoms with E-state index in [-0.39, 0.29) is 5.69 Å². The second-order valence-electron chi connectivity index (χ2n) is 2.18. The van der Waals surface area contributed by atoms with Crippen molar-refractivity contribution in [3.05, 3.63) is 17.2 Å². The van der Waals surface area contributed by atoms with E-state index in [1.807, 2.05) is 0 Å². The smallest absolute Gasteiger partial charge is 0.359 e. The van der Waals surface area contributed by atoms with E-state index >= 15 is 0 Å². The van der Waals surface area contributed by atoms with Gasteiger partial charge in [-0.15, -0.1) is 0 Å². The van der Waals surface area contributed by atoms with Gasteiger partial charge >= 0.3 is 5.97 Å². The molecule has 5 heteroatoms. The molecule has 1 aromatic heterocycles. The molecule has 1 rings (SSSR count). The van der Waals surface area contributed by atoms with E-state index in [9.17, 15) is 9.18 Å². The highest BCUT2D eigenvalue weighted by atomic mass is 19.1. The fraction of sp³-hybridized carbons (Fsp3) is 0.333. The van der Waals surface area contributed by atoms with Crippen LogP contribution in [0.5, 0.6) is 0 Å². The standard InChI is InChI=1S/C6H7FN2O2/c1-3-4(7)5(6(10)11)8-9(3)2/h1-2H3,(H,10,11). The number of aromatic nitrogens is 2. The minimum absolute atomic E-state index is 0.224. The molecule has 0 fully saturated rings. The molecule has 1 heterocycles. The molecule has 0 bridgehead atoms. The highest BCUT2D eigenvalue weighted by Gasteiger charge is 2.17. The van der Waals surface area contributed by atoms with Crippen LogP contribution in [-0.2, 0) is 7.05 Å². The van der Waals surface area contributed by atoms with Crippen LogP contribution >= 0.6 is 0 Å². The summed E-state index contributed by atoms with van der Waals surface area (Å²) in [6, 6.07) is 0. The van der Waals surface area contributed by atoms with Crippen LogP contribution in [0.25, 0.3) is 0 Å². The van der Waals surface area contributed by atoms with E-state index in [1.165, 1.54) is 18.7 Å². The number of nitrogens with zero attached hydrogens (tertiary/aromatic N) is 2. The average Bonchev–Trinajstić information content (AvgIpc) is 2.17. The molecule has 0 aliphatic heterocycles. The minimum Gasteiger partial charge on any atom is -0.476 e. The summed E-state index contributed by atoms with van der Waals surface area (Å²) < 4.78 is 14.0. The van der Waals surface area contributed by atoms with Gasteiger partial charge in [-0.05, 0) is 6.92 Å². The number of carboxylic acids is 1. The molecular formula is C6H7FN2O2. The highest BCUT2D eigenvalue weighted by Crippen LogP contribution is 2.09. The van der Waals surface area contributed by atoms with E-state index < -0.39 is 17.5 Å². The van der Waals surface area contributed by atoms with Crippen molar-refractivity contribution < 1.29 is 14.3 Å². The number of aryl methyl sites for hydroxylation is 1. The van der Waals surface area contributed by atoms with Gasteiger partial charge in [0.25, 0.3) is 0 Å². The van der Waals surface area contributed by atoms with Crippen LogP contribution in [0.1, 0.15) is 16.2 Å². The summed E-state index contributed by atoms with van der Waals surface area (Å²) >= 11 is 0. The number of aromatic carboxylic acids is 1. The lowest BCUT2D eigenvalue weighted by Gasteiger charge is -1.88. The van der Waals surface area contributed by atoms with Crippen molar-refractivity contribution in [2.75, 3.05) is 0 Å². The summed E-state index contributed by atoms with van der Waals surface area (Å²) in [5, 5.41) is 11.8. The monoisotopic (exact) mass is 158 g/mol. The van der Waals surface area contributed by atoms with Gasteiger partial charge in [0.05, 0.1) is 5.69 Å². The number of hydrogen-bond donors (Lipinski definition) is 1. The Morgan fingerprint density at radius 1 is 1.73 bits per heavy atom. The van der Waals surface area contributed by atoms with E-state index in [4.69, 9.17) is 5.11 Å². The maximum absolute atomic E-state index is 12.8. The lowest BCUT2D eigenvalue weighted by Crippen LogP contribution is -2.00. The van der Waals surface area contributed by atoms with Gasteiger partial charge in [-0.1, -0.05) is 0 Å². The van der Waals surface area contributed by atoms with Crippen LogP contribution in [0.15, 0.2) is 0 Å². The van der Waals surface area contributed by atoms with Crippen molar-refractivity contribution in [3.8, 4) is 0 Å². The lowest BCUT2D eigenvalue weighted by molar-refractivity contribution is 0.0684. The fourth-order valence-corrected chi connectivity index (χ4v) is 0.719. The van der Waals surface area contributed by atoms with Crippen LogP contribution in [0.2, 0.25) is 0 Å². The first-order valence-corrected chi connectivity index (χ1v) is 2.96. The Kier molecular flexibility index (Phi) is 1.64. The lowest BCUT2D eigenvalue weighted by atomic mass is 10.3. The number of hydrogen-bond acceptors (Lipinski definition) is 2. The van der Waals surface area contributed by atoms with E-state index in [0.29, 0.717) is 0 Å². The Balaban J connectivity index is 3.29. The van der Waals surface area contributed by atoms with E-state index in [1.54, 1.807) is 0 Å². The summed E-state index contributed by atoms with van der Waals surface area (Å²) in [5.74, 6) is -2.11. The SMILES string of the molecule is Cc1c(F)c(C(=O)O)nn1C. The quantitative estimate of drug-likeness (QED) is 0.649. The number of rotatable bonds is 1. The molecular weight excluding hydrogens is 151 g/mol. The summed E-state index contributed by atoms with van der Waals surface area (Å²) in [6.07, 6.45) is 0. The number of carbonyl (C=O) groups is 1. The van der Waals surface area contributed by atoms with Crippen molar-refractivity contribution in [2.45, 2.75) is 6.92 Å². The van der Waals surface area contributed by atoms with Crippen molar-refractivity contribution in [3.63, 3.8) is 0 Å². The summed E-state index contributed by atoms with van der Waals surface area (Å²) in [6.45, 7) is 1.47. The molecule has 0 aromatic carbocycles. The van der Waals surface area contributed by atoms with Gasteiger partial charge in [-0.2, -0.15) is 5.10 Å². The Labute approximate surface area is 62.3 Å². The first-order valence-electron chi connectivity index (χ1n) is 2.96. The molecule has 4 nitrogen and oxygen atoms in total. The molecule has 0 saturated carbocycles. The van der Waals surface area contributed by atoms with E-state index in [2.05, 4.69) is 5.10 Å². The van der Waals surface area contributed by atoms with Crippen LogP contribution in [0, 0.1) is 12.7 Å². The zero-order valence-corrected chi connectivity index (χ0v) is 6.13. The topological polar surface area (TPSA) is 55.1 Å². The molecule has 0 saturated heterocycles. The second-order valence-corrected chi connectivity index (χ2v) is 2.18. The van der Waals surface area contributed by atoms with Crippen LogP contribution in [0.4, 0.5) is 4.39 Å².